The largest absolute Gasteiger partial charge is 0.389 e. The third-order valence-corrected chi connectivity index (χ3v) is 1.62. The van der Waals surface area contributed by atoms with E-state index in [1.165, 1.54) is 12.1 Å². The molecule has 0 heterocycles. The van der Waals surface area contributed by atoms with Crippen LogP contribution in [0.1, 0.15) is 20.3 Å². The van der Waals surface area contributed by atoms with Crippen LogP contribution >= 0.6 is 0 Å². The molecule has 0 saturated heterocycles. The number of allylic oxidation sites excluding steroid dienone is 2. The average molecular weight is 156 g/mol. The Labute approximate surface area is 70.3 Å². The van der Waals surface area contributed by atoms with Gasteiger partial charge in [-0.05, 0) is 40.9 Å². The van der Waals surface area contributed by atoms with Crippen LogP contribution in [-0.2, 0) is 0 Å². The molecule has 0 unspecified atom stereocenters. The second-order valence-electron chi connectivity index (χ2n) is 3.06. The van der Waals surface area contributed by atoms with E-state index in [0.717, 1.165) is 13.1 Å². The molecule has 0 aromatic carbocycles. The van der Waals surface area contributed by atoms with Crippen molar-refractivity contribution in [1.82, 2.24) is 10.2 Å². The zero-order valence-corrected chi connectivity index (χ0v) is 8.15. The van der Waals surface area contributed by atoms with Gasteiger partial charge in [0.2, 0.25) is 0 Å². The number of hydrogen-bond acceptors (Lipinski definition) is 2. The van der Waals surface area contributed by atoms with E-state index >= 15 is 0 Å². The number of hydrogen-bond donors (Lipinski definition) is 1. The second-order valence-corrected chi connectivity index (χ2v) is 3.06. The molecule has 0 amide bonds. The monoisotopic (exact) mass is 156 g/mol. The fourth-order valence-corrected chi connectivity index (χ4v) is 0.783. The summed E-state index contributed by atoms with van der Waals surface area (Å²) in [4.78, 5) is 2.20. The Morgan fingerprint density at radius 1 is 1.45 bits per heavy atom. The summed E-state index contributed by atoms with van der Waals surface area (Å²) in [6.07, 6.45) is 3.30. The molecular weight excluding hydrogens is 136 g/mol. The molecule has 0 saturated carbocycles. The Balaban J connectivity index is 3.15. The Morgan fingerprint density at radius 3 is 2.55 bits per heavy atom. The van der Waals surface area contributed by atoms with E-state index in [4.69, 9.17) is 0 Å². The van der Waals surface area contributed by atoms with Gasteiger partial charge in [0.25, 0.3) is 0 Å². The van der Waals surface area contributed by atoms with E-state index in [1.807, 2.05) is 6.92 Å². The van der Waals surface area contributed by atoms with Crippen molar-refractivity contribution in [2.75, 3.05) is 27.2 Å². The highest BCUT2D eigenvalue weighted by atomic mass is 15.1. The Bertz CT molecular complexity index is 117. The van der Waals surface area contributed by atoms with Gasteiger partial charge in [0.05, 0.1) is 0 Å². The maximum Gasteiger partial charge on any atom is 0.0155 e. The van der Waals surface area contributed by atoms with E-state index in [2.05, 4.69) is 37.3 Å². The van der Waals surface area contributed by atoms with Crippen LogP contribution in [0.25, 0.3) is 0 Å². The van der Waals surface area contributed by atoms with Crippen LogP contribution in [0.5, 0.6) is 0 Å². The van der Waals surface area contributed by atoms with E-state index in [9.17, 15) is 0 Å². The highest BCUT2D eigenvalue weighted by molar-refractivity contribution is 4.91. The van der Waals surface area contributed by atoms with Crippen LogP contribution in [0.15, 0.2) is 11.8 Å². The van der Waals surface area contributed by atoms with Crippen LogP contribution in [0.4, 0.5) is 0 Å². The minimum atomic E-state index is 1.08. The van der Waals surface area contributed by atoms with E-state index in [0.29, 0.717) is 0 Å². The van der Waals surface area contributed by atoms with Gasteiger partial charge in [-0.15, -0.1) is 0 Å². The summed E-state index contributed by atoms with van der Waals surface area (Å²) in [5.41, 5.74) is 1.27. The minimum Gasteiger partial charge on any atom is -0.389 e. The van der Waals surface area contributed by atoms with E-state index in [1.54, 1.807) is 0 Å². The first-order valence-electron chi connectivity index (χ1n) is 4.18. The molecular formula is C9H20N2. The predicted molar refractivity (Wildman–Crippen MR) is 50.6 cm³/mol. The summed E-state index contributed by atoms with van der Waals surface area (Å²) in [5.74, 6) is 0. The lowest BCUT2D eigenvalue weighted by Crippen LogP contribution is -2.19. The van der Waals surface area contributed by atoms with Gasteiger partial charge in [-0.2, -0.15) is 0 Å². The lowest BCUT2D eigenvalue weighted by molar-refractivity contribution is 0.398. The molecule has 11 heavy (non-hydrogen) atoms. The fraction of sp³-hybridized carbons (Fsp3) is 0.778. The molecule has 0 aliphatic rings. The summed E-state index contributed by atoms with van der Waals surface area (Å²) in [6, 6.07) is 0. The molecule has 2 nitrogen and oxygen atoms in total. The first-order chi connectivity index (χ1) is 5.16. The molecule has 0 fully saturated rings. The molecule has 0 aliphatic carbocycles. The molecule has 2 heteroatoms. The Kier molecular flexibility index (Phi) is 5.94. The molecule has 0 bridgehead atoms. The van der Waals surface area contributed by atoms with E-state index in [-0.39, 0.29) is 0 Å². The van der Waals surface area contributed by atoms with Crippen molar-refractivity contribution < 1.29 is 0 Å². The summed E-state index contributed by atoms with van der Waals surface area (Å²) >= 11 is 0. The molecule has 0 aromatic heterocycles. The van der Waals surface area contributed by atoms with Gasteiger partial charge in [0, 0.05) is 12.2 Å². The zero-order valence-electron chi connectivity index (χ0n) is 8.15. The summed E-state index contributed by atoms with van der Waals surface area (Å²) in [5, 5.41) is 3.32. The summed E-state index contributed by atoms with van der Waals surface area (Å²) in [6.45, 7) is 6.38. The number of rotatable bonds is 5. The average Bonchev–Trinajstić information content (AvgIpc) is 1.97. The summed E-state index contributed by atoms with van der Waals surface area (Å²) < 4.78 is 0. The first kappa shape index (κ1) is 10.5. The van der Waals surface area contributed by atoms with Crippen molar-refractivity contribution >= 4 is 0 Å². The highest BCUT2D eigenvalue weighted by Gasteiger charge is 1.89. The second kappa shape index (κ2) is 6.23. The van der Waals surface area contributed by atoms with Crippen molar-refractivity contribution in [1.29, 1.82) is 0 Å². The number of nitrogens with zero attached hydrogens (tertiary/aromatic N) is 1. The third kappa shape index (κ3) is 7.40. The molecule has 0 aromatic rings. The van der Waals surface area contributed by atoms with Crippen molar-refractivity contribution in [3.8, 4) is 0 Å². The molecule has 0 spiro atoms. The fourth-order valence-electron chi connectivity index (χ4n) is 0.783. The molecule has 1 N–H and O–H groups in total. The quantitative estimate of drug-likeness (QED) is 0.606. The smallest absolute Gasteiger partial charge is 0.0155 e. The normalized spacial score (nSPS) is 12.3. The maximum absolute atomic E-state index is 3.32. The Hall–Kier alpha value is -0.500. The molecule has 0 aliphatic heterocycles. The minimum absolute atomic E-state index is 1.08. The highest BCUT2D eigenvalue weighted by Crippen LogP contribution is 1.86. The van der Waals surface area contributed by atoms with Crippen LogP contribution in [-0.4, -0.2) is 32.1 Å². The van der Waals surface area contributed by atoms with Crippen LogP contribution < -0.4 is 5.32 Å². The van der Waals surface area contributed by atoms with Crippen LogP contribution in [0.2, 0.25) is 0 Å². The maximum atomic E-state index is 3.32. The van der Waals surface area contributed by atoms with Gasteiger partial charge in [0.15, 0.2) is 0 Å². The van der Waals surface area contributed by atoms with E-state index < -0.39 is 0 Å². The van der Waals surface area contributed by atoms with Crippen molar-refractivity contribution in [2.24, 2.45) is 0 Å². The van der Waals surface area contributed by atoms with Gasteiger partial charge in [-0.25, -0.2) is 0 Å². The summed E-state index contributed by atoms with van der Waals surface area (Å²) in [7, 11) is 4.20. The Morgan fingerprint density at radius 2 is 2.09 bits per heavy atom. The van der Waals surface area contributed by atoms with Crippen molar-refractivity contribution in [2.45, 2.75) is 20.3 Å². The van der Waals surface area contributed by atoms with Crippen molar-refractivity contribution in [3.05, 3.63) is 11.8 Å². The van der Waals surface area contributed by atoms with Gasteiger partial charge in [-0.1, -0.05) is 6.08 Å². The molecule has 0 radical (unpaired) electrons. The van der Waals surface area contributed by atoms with Gasteiger partial charge in [0.1, 0.15) is 0 Å². The van der Waals surface area contributed by atoms with Gasteiger partial charge in [-0.3, -0.25) is 0 Å². The number of nitrogens with one attached hydrogen (secondary N) is 1. The molecule has 66 valence electrons. The predicted octanol–water partition coefficient (Wildman–Crippen LogP) is 1.45. The van der Waals surface area contributed by atoms with Gasteiger partial charge >= 0.3 is 0 Å². The molecule has 0 atom stereocenters. The van der Waals surface area contributed by atoms with Crippen LogP contribution in [0, 0.1) is 0 Å². The third-order valence-electron chi connectivity index (χ3n) is 1.62. The topological polar surface area (TPSA) is 15.3 Å². The first-order valence-corrected chi connectivity index (χ1v) is 4.18. The lowest BCUT2D eigenvalue weighted by Gasteiger charge is -2.10. The van der Waals surface area contributed by atoms with Crippen LogP contribution in [0.3, 0.4) is 0 Å². The SMILES string of the molecule is C/C=C(\C)NCCCN(C)C. The zero-order chi connectivity index (χ0) is 8.69. The standard InChI is InChI=1S/C9H20N2/c1-5-9(2)10-7-6-8-11(3)4/h5,10H,6-8H2,1-4H3/b9-5+. The van der Waals surface area contributed by atoms with Gasteiger partial charge < -0.3 is 10.2 Å². The van der Waals surface area contributed by atoms with Crippen molar-refractivity contribution in [3.63, 3.8) is 0 Å². The lowest BCUT2D eigenvalue weighted by atomic mass is 10.3. The molecule has 0 rings (SSSR count).